The number of aryl methyl sites for hydroxylation is 3. The van der Waals surface area contributed by atoms with Gasteiger partial charge in [0.2, 0.25) is 5.95 Å². The minimum absolute atomic E-state index is 0.131. The standard InChI is InChI=1S/C25H23F2N7O/c1-14-7-17(5-4-6-28)8-15(2)20(14)35-22-19-21(30-16(3)34(19)9-18(26)27)31-23(32-22)33-25-10-24(11-25,12-25)13-29/h4-5,7-8,18H,9-12H2,1-3H3,(H,31,32,33)/b5-4+. The third kappa shape index (κ3) is 3.85. The van der Waals surface area contributed by atoms with Gasteiger partial charge < -0.3 is 14.6 Å². The molecule has 2 heterocycles. The lowest BCUT2D eigenvalue weighted by Crippen LogP contribution is -2.70. The highest BCUT2D eigenvalue weighted by Gasteiger charge is 2.69. The topological polar surface area (TPSA) is 112 Å². The summed E-state index contributed by atoms with van der Waals surface area (Å²) < 4.78 is 34.4. The summed E-state index contributed by atoms with van der Waals surface area (Å²) in [6.45, 7) is 4.83. The van der Waals surface area contributed by atoms with Crippen LogP contribution in [0.15, 0.2) is 18.2 Å². The van der Waals surface area contributed by atoms with Crippen LogP contribution in [0.2, 0.25) is 0 Å². The Morgan fingerprint density at radius 2 is 1.83 bits per heavy atom. The number of benzene rings is 1. The summed E-state index contributed by atoms with van der Waals surface area (Å²) in [5.74, 6) is 1.36. The molecule has 3 aliphatic rings. The van der Waals surface area contributed by atoms with Gasteiger partial charge in [0, 0.05) is 11.6 Å². The van der Waals surface area contributed by atoms with Crippen molar-refractivity contribution in [3.8, 4) is 23.8 Å². The molecule has 10 heteroatoms. The zero-order chi connectivity index (χ0) is 25.0. The largest absolute Gasteiger partial charge is 0.436 e. The Labute approximate surface area is 200 Å². The van der Waals surface area contributed by atoms with Crippen LogP contribution in [0.4, 0.5) is 14.7 Å². The van der Waals surface area contributed by atoms with Crippen molar-refractivity contribution in [2.24, 2.45) is 5.41 Å². The minimum Gasteiger partial charge on any atom is -0.436 e. The van der Waals surface area contributed by atoms with Crippen LogP contribution in [0.5, 0.6) is 11.6 Å². The van der Waals surface area contributed by atoms with Crippen LogP contribution >= 0.6 is 0 Å². The highest BCUT2D eigenvalue weighted by molar-refractivity contribution is 5.79. The van der Waals surface area contributed by atoms with Crippen molar-refractivity contribution in [1.82, 2.24) is 19.5 Å². The van der Waals surface area contributed by atoms with E-state index in [0.717, 1.165) is 36.0 Å². The van der Waals surface area contributed by atoms with Gasteiger partial charge in [0.25, 0.3) is 12.3 Å². The summed E-state index contributed by atoms with van der Waals surface area (Å²) >= 11 is 0. The average Bonchev–Trinajstić information content (AvgIpc) is 3.05. The van der Waals surface area contributed by atoms with E-state index in [-0.39, 0.29) is 22.5 Å². The first-order valence-electron chi connectivity index (χ1n) is 11.2. The van der Waals surface area contributed by atoms with Crippen LogP contribution in [0.1, 0.15) is 41.8 Å². The highest BCUT2D eigenvalue weighted by Crippen LogP contribution is 2.67. The van der Waals surface area contributed by atoms with E-state index in [2.05, 4.69) is 26.3 Å². The molecule has 3 saturated carbocycles. The second-order valence-corrected chi connectivity index (χ2v) is 9.56. The third-order valence-electron chi connectivity index (χ3n) is 6.76. The molecule has 3 aromatic rings. The van der Waals surface area contributed by atoms with Crippen LogP contribution in [0.3, 0.4) is 0 Å². The first-order valence-corrected chi connectivity index (χ1v) is 11.2. The summed E-state index contributed by atoms with van der Waals surface area (Å²) in [6, 6.07) is 8.09. The number of rotatable bonds is 7. The Bertz CT molecular complexity index is 1420. The normalized spacial score (nSPS) is 22.5. The van der Waals surface area contributed by atoms with Crippen molar-refractivity contribution in [1.29, 1.82) is 10.5 Å². The molecule has 8 nitrogen and oxygen atoms in total. The molecule has 0 aliphatic heterocycles. The smallest absolute Gasteiger partial charge is 0.256 e. The number of nitriles is 2. The fraction of sp³-hybridized carbons (Fsp3) is 0.400. The number of nitrogens with zero attached hydrogens (tertiary/aromatic N) is 6. The van der Waals surface area contributed by atoms with Crippen molar-refractivity contribution in [3.05, 3.63) is 40.7 Å². The lowest BCUT2D eigenvalue weighted by molar-refractivity contribution is -0.0665. The van der Waals surface area contributed by atoms with Gasteiger partial charge in [-0.3, -0.25) is 0 Å². The molecular weight excluding hydrogens is 452 g/mol. The number of fused-ring (bicyclic) bond motifs is 1. The monoisotopic (exact) mass is 475 g/mol. The van der Waals surface area contributed by atoms with E-state index < -0.39 is 13.0 Å². The fourth-order valence-electron chi connectivity index (χ4n) is 5.35. The molecular formula is C25H23F2N7O. The predicted molar refractivity (Wildman–Crippen MR) is 125 cm³/mol. The minimum atomic E-state index is -2.59. The summed E-state index contributed by atoms with van der Waals surface area (Å²) in [5, 5.41) is 21.5. The van der Waals surface area contributed by atoms with Crippen LogP contribution in [-0.4, -0.2) is 31.5 Å². The Kier molecular flexibility index (Phi) is 5.21. The van der Waals surface area contributed by atoms with Crippen molar-refractivity contribution in [2.75, 3.05) is 5.32 Å². The van der Waals surface area contributed by atoms with Gasteiger partial charge in [0.15, 0.2) is 11.2 Å². The maximum atomic E-state index is 13.4. The van der Waals surface area contributed by atoms with Gasteiger partial charge >= 0.3 is 0 Å². The number of imidazole rings is 1. The Morgan fingerprint density at radius 3 is 2.43 bits per heavy atom. The van der Waals surface area contributed by atoms with Crippen molar-refractivity contribution in [2.45, 2.75) is 58.5 Å². The van der Waals surface area contributed by atoms with E-state index in [1.54, 1.807) is 13.0 Å². The van der Waals surface area contributed by atoms with Crippen molar-refractivity contribution in [3.63, 3.8) is 0 Å². The van der Waals surface area contributed by atoms with E-state index in [0.29, 0.717) is 23.0 Å². The molecule has 1 N–H and O–H groups in total. The molecule has 178 valence electrons. The first kappa shape index (κ1) is 22.7. The lowest BCUT2D eigenvalue weighted by Gasteiger charge is -2.66. The summed E-state index contributed by atoms with van der Waals surface area (Å²) in [7, 11) is 0. The zero-order valence-corrected chi connectivity index (χ0v) is 19.6. The number of allylic oxidation sites excluding steroid dienone is 1. The first-order chi connectivity index (χ1) is 16.7. The Hall–Kier alpha value is -4.05. The van der Waals surface area contributed by atoms with Crippen LogP contribution < -0.4 is 10.1 Å². The van der Waals surface area contributed by atoms with Gasteiger partial charge in [-0.2, -0.15) is 20.5 Å². The molecule has 0 spiro atoms. The second-order valence-electron chi connectivity index (χ2n) is 9.56. The quantitative estimate of drug-likeness (QED) is 0.467. The number of hydrogen-bond acceptors (Lipinski definition) is 7. The van der Waals surface area contributed by atoms with Crippen LogP contribution in [0, 0.1) is 48.8 Å². The zero-order valence-electron chi connectivity index (χ0n) is 19.6. The molecule has 2 aromatic heterocycles. The number of hydrogen-bond donors (Lipinski definition) is 1. The van der Waals surface area contributed by atoms with E-state index in [9.17, 15) is 14.0 Å². The number of aromatic nitrogens is 4. The number of ether oxygens (including phenoxy) is 1. The summed E-state index contributed by atoms with van der Waals surface area (Å²) in [5.41, 5.74) is 2.54. The number of halogens is 2. The molecule has 0 radical (unpaired) electrons. The van der Waals surface area contributed by atoms with Gasteiger partial charge in [0.05, 0.1) is 24.1 Å². The lowest BCUT2D eigenvalue weighted by atomic mass is 9.40. The molecule has 6 rings (SSSR count). The maximum Gasteiger partial charge on any atom is 0.256 e. The highest BCUT2D eigenvalue weighted by atomic mass is 19.3. The number of nitrogens with one attached hydrogen (secondary N) is 1. The van der Waals surface area contributed by atoms with Crippen LogP contribution in [-0.2, 0) is 6.54 Å². The van der Waals surface area contributed by atoms with Gasteiger partial charge in [-0.05, 0) is 74.9 Å². The average molecular weight is 476 g/mol. The Morgan fingerprint density at radius 1 is 1.14 bits per heavy atom. The maximum absolute atomic E-state index is 13.4. The van der Waals surface area contributed by atoms with E-state index in [1.807, 2.05) is 32.0 Å². The molecule has 0 unspecified atom stereocenters. The predicted octanol–water partition coefficient (Wildman–Crippen LogP) is 5.20. The van der Waals surface area contributed by atoms with Gasteiger partial charge in [-0.15, -0.1) is 0 Å². The summed E-state index contributed by atoms with van der Waals surface area (Å²) in [4.78, 5) is 13.5. The Balaban J connectivity index is 1.57. The van der Waals surface area contributed by atoms with Crippen molar-refractivity contribution >= 4 is 23.2 Å². The van der Waals surface area contributed by atoms with Gasteiger partial charge in [-0.1, -0.05) is 0 Å². The van der Waals surface area contributed by atoms with Gasteiger partial charge in [-0.25, -0.2) is 13.8 Å². The van der Waals surface area contributed by atoms with Crippen molar-refractivity contribution < 1.29 is 13.5 Å². The number of alkyl halides is 2. The number of anilines is 1. The second kappa shape index (κ2) is 8.02. The van der Waals surface area contributed by atoms with E-state index in [1.165, 1.54) is 10.6 Å². The third-order valence-corrected chi connectivity index (χ3v) is 6.76. The molecule has 3 fully saturated rings. The summed E-state index contributed by atoms with van der Waals surface area (Å²) in [6.07, 6.45) is 2.68. The molecule has 0 atom stereocenters. The molecule has 0 saturated heterocycles. The molecule has 35 heavy (non-hydrogen) atoms. The molecule has 2 bridgehead atoms. The SMILES string of the molecule is Cc1cc(/C=C/C#N)cc(C)c1Oc1nc(NC23CC(C#N)(C2)C3)nc2nc(C)n(CC(F)F)c12. The van der Waals surface area contributed by atoms with Gasteiger partial charge in [0.1, 0.15) is 11.6 Å². The molecule has 0 amide bonds. The fourth-order valence-corrected chi connectivity index (χ4v) is 5.35. The molecule has 1 aromatic carbocycles. The van der Waals surface area contributed by atoms with Crippen LogP contribution in [0.25, 0.3) is 17.2 Å². The van der Waals surface area contributed by atoms with E-state index in [4.69, 9.17) is 10.00 Å². The molecule has 3 aliphatic carbocycles. The van der Waals surface area contributed by atoms with E-state index >= 15 is 0 Å².